The lowest BCUT2D eigenvalue weighted by Crippen LogP contribution is -2.65. The number of H-pyrrole nitrogens is 1. The lowest BCUT2D eigenvalue weighted by atomic mass is 9.89. The normalized spacial score (nSPS) is 37.7. The number of aromatic nitrogens is 2. The Morgan fingerprint density at radius 1 is 1.22 bits per heavy atom. The average Bonchev–Trinajstić information content (AvgIpc) is 3.29. The molecule has 262 valence electrons. The first-order valence-corrected chi connectivity index (χ1v) is 18.1. The average molecular weight is 717 g/mol. The number of amides is 1. The van der Waals surface area contributed by atoms with E-state index < -0.39 is 97.5 Å². The van der Waals surface area contributed by atoms with Gasteiger partial charge >= 0.3 is 13.5 Å². The van der Waals surface area contributed by atoms with Crippen molar-refractivity contribution in [3.8, 4) is 0 Å². The van der Waals surface area contributed by atoms with Gasteiger partial charge in [0.15, 0.2) is 6.23 Å². The van der Waals surface area contributed by atoms with Crippen LogP contribution in [0.2, 0.25) is 0 Å². The Kier molecular flexibility index (Phi) is 12.9. The van der Waals surface area contributed by atoms with E-state index in [1.807, 2.05) is 4.98 Å². The molecule has 3 fully saturated rings. The molecule has 3 aliphatic rings. The van der Waals surface area contributed by atoms with Crippen LogP contribution in [0, 0.1) is 5.92 Å². The molecule has 3 aliphatic heterocycles. The van der Waals surface area contributed by atoms with Gasteiger partial charge in [0, 0.05) is 12.3 Å². The van der Waals surface area contributed by atoms with Crippen molar-refractivity contribution in [2.75, 3.05) is 19.4 Å². The number of halogens is 1. The highest BCUT2D eigenvalue weighted by atomic mass is 35.5. The van der Waals surface area contributed by atoms with Crippen molar-refractivity contribution in [2.45, 2.75) is 105 Å². The number of alkyl halides is 1. The Balaban J connectivity index is 1.44. The van der Waals surface area contributed by atoms with Gasteiger partial charge in [-0.1, -0.05) is 13.3 Å². The maximum atomic E-state index is 13.2. The second kappa shape index (κ2) is 15.9. The summed E-state index contributed by atoms with van der Waals surface area (Å²) in [4.78, 5) is 49.3. The number of hydrogen-bond donors (Lipinski definition) is 8. The summed E-state index contributed by atoms with van der Waals surface area (Å²) in [5.74, 6) is 0.0104. The van der Waals surface area contributed by atoms with E-state index in [2.05, 4.69) is 17.6 Å². The van der Waals surface area contributed by atoms with Gasteiger partial charge in [-0.15, -0.1) is 23.4 Å². The summed E-state index contributed by atoms with van der Waals surface area (Å²) < 4.78 is 35.5. The summed E-state index contributed by atoms with van der Waals surface area (Å²) in [5.41, 5.74) is -2.70. The van der Waals surface area contributed by atoms with Crippen LogP contribution in [0.15, 0.2) is 21.9 Å². The van der Waals surface area contributed by atoms with Crippen LogP contribution in [0.1, 0.15) is 39.3 Å². The maximum absolute atomic E-state index is 13.2. The summed E-state index contributed by atoms with van der Waals surface area (Å²) in [7, 11) is -5.12. The molecule has 20 heteroatoms. The Bertz CT molecular complexity index is 1360. The van der Waals surface area contributed by atoms with Crippen LogP contribution in [0.4, 0.5) is 0 Å². The molecule has 17 nitrogen and oxygen atoms in total. The molecule has 0 spiro atoms. The molecule has 8 N–H and O–H groups in total. The first-order chi connectivity index (χ1) is 21.7. The van der Waals surface area contributed by atoms with Crippen LogP contribution in [0.25, 0.3) is 0 Å². The minimum atomic E-state index is -5.12. The van der Waals surface area contributed by atoms with Crippen LogP contribution in [0.5, 0.6) is 0 Å². The summed E-state index contributed by atoms with van der Waals surface area (Å²) >= 11 is 7.48. The first kappa shape index (κ1) is 37.4. The van der Waals surface area contributed by atoms with Gasteiger partial charge in [-0.25, -0.2) is 9.36 Å². The fourth-order valence-electron chi connectivity index (χ4n) is 5.84. The number of aliphatic hydroxyl groups excluding tert-OH is 4. The molecule has 0 radical (unpaired) electrons. The number of phosphoric acid groups is 1. The molecule has 4 heterocycles. The van der Waals surface area contributed by atoms with Crippen LogP contribution in [-0.4, -0.2) is 126 Å². The van der Waals surface area contributed by atoms with Gasteiger partial charge < -0.3 is 45.4 Å². The van der Waals surface area contributed by atoms with E-state index in [-0.39, 0.29) is 5.91 Å². The molecule has 0 aromatic carbocycles. The number of hydrogen-bond acceptors (Lipinski definition) is 14. The zero-order valence-electron chi connectivity index (χ0n) is 25.4. The predicted octanol–water partition coefficient (Wildman–Crippen LogP) is -1.64. The number of thioether (sulfide) groups is 1. The Morgan fingerprint density at radius 2 is 1.93 bits per heavy atom. The highest BCUT2D eigenvalue weighted by Gasteiger charge is 2.52. The number of carbonyl (C=O) groups is 1. The largest absolute Gasteiger partial charge is 0.472 e. The lowest BCUT2D eigenvalue weighted by Gasteiger charge is -2.45. The van der Waals surface area contributed by atoms with Crippen molar-refractivity contribution < 1.29 is 53.2 Å². The number of ether oxygens (including phenoxy) is 2. The number of rotatable bonds is 12. The van der Waals surface area contributed by atoms with E-state index in [9.17, 15) is 44.3 Å². The summed E-state index contributed by atoms with van der Waals surface area (Å²) in [6.07, 6.45) is -7.60. The minimum absolute atomic E-state index is 0.355. The lowest BCUT2D eigenvalue weighted by molar-refractivity contribution is -0.202. The van der Waals surface area contributed by atoms with Crippen molar-refractivity contribution in [1.29, 1.82) is 0 Å². The molecule has 4 rings (SSSR count). The fraction of sp³-hybridized carbons (Fsp3) is 0.808. The zero-order chi connectivity index (χ0) is 33.9. The van der Waals surface area contributed by atoms with Crippen molar-refractivity contribution in [1.82, 2.24) is 20.2 Å². The third-order valence-electron chi connectivity index (χ3n) is 8.50. The molecule has 3 saturated heterocycles. The Hall–Kier alpha value is -1.38. The minimum Gasteiger partial charge on any atom is -0.387 e. The molecule has 14 unspecified atom stereocenters. The van der Waals surface area contributed by atoms with Crippen molar-refractivity contribution in [3.05, 3.63) is 33.1 Å². The van der Waals surface area contributed by atoms with Crippen molar-refractivity contribution in [3.63, 3.8) is 0 Å². The van der Waals surface area contributed by atoms with Crippen LogP contribution in [-0.2, 0) is 27.9 Å². The fourth-order valence-corrected chi connectivity index (χ4v) is 7.68. The first-order valence-electron chi connectivity index (χ1n) is 14.9. The van der Waals surface area contributed by atoms with E-state index in [1.54, 1.807) is 13.2 Å². The number of nitrogens with zero attached hydrogens (tertiary/aromatic N) is 1. The second-order valence-electron chi connectivity index (χ2n) is 11.6. The third kappa shape index (κ3) is 8.61. The topological polar surface area (TPSA) is 251 Å². The molecule has 1 aromatic heterocycles. The number of phosphoric ester groups is 1. The van der Waals surface area contributed by atoms with Gasteiger partial charge in [0.25, 0.3) is 5.56 Å². The molecule has 0 saturated carbocycles. The molecular weight excluding hydrogens is 675 g/mol. The standard InChI is InChI=1S/C26H42ClN4O13PS/c1-4-12-5-7-28-13(9-12)23(37)30-16(11(2)27)21-19(35)22(20(36)25(43-21)46-3)44-45(39,40)41-10-14-17(33)18(34)24(42-14)31-8-6-15(32)29-26(31)38/h6,8,11-14,16-22,24-25,28,33-36H,4-5,7,9-10H2,1-3H3,(H,30,37)(H,39,40)(H,29,32,38). The van der Waals surface area contributed by atoms with Crippen molar-refractivity contribution >= 4 is 37.1 Å². The molecule has 1 amide bonds. The molecule has 0 bridgehead atoms. The Labute approximate surface area is 273 Å². The summed E-state index contributed by atoms with van der Waals surface area (Å²) in [5, 5.41) is 48.3. The van der Waals surface area contributed by atoms with E-state index in [0.29, 0.717) is 18.9 Å². The van der Waals surface area contributed by atoms with Gasteiger partial charge in [-0.3, -0.25) is 28.2 Å². The molecular formula is C26H42ClN4O13PS. The van der Waals surface area contributed by atoms with Gasteiger partial charge in [0.2, 0.25) is 5.91 Å². The van der Waals surface area contributed by atoms with Crippen LogP contribution < -0.4 is 21.9 Å². The number of carbonyl (C=O) groups excluding carboxylic acids is 1. The number of aliphatic hydroxyl groups is 4. The van der Waals surface area contributed by atoms with E-state index in [4.69, 9.17) is 30.1 Å². The summed E-state index contributed by atoms with van der Waals surface area (Å²) in [6.45, 7) is 3.47. The van der Waals surface area contributed by atoms with Gasteiger partial charge in [0.1, 0.15) is 48.2 Å². The SMILES string of the molecule is CCC1CCNC(C(=O)NC(C(C)Cl)C2OC(SC)C(O)C(OP(=O)(O)OCC3OC(n4ccc(=O)[nH]c4=O)C(O)C3O)C2O)C1. The maximum Gasteiger partial charge on any atom is 0.472 e. The molecule has 46 heavy (non-hydrogen) atoms. The molecule has 1 aromatic rings. The highest BCUT2D eigenvalue weighted by Crippen LogP contribution is 2.48. The van der Waals surface area contributed by atoms with Gasteiger partial charge in [-0.2, -0.15) is 0 Å². The highest BCUT2D eigenvalue weighted by molar-refractivity contribution is 7.99. The predicted molar refractivity (Wildman–Crippen MR) is 164 cm³/mol. The monoisotopic (exact) mass is 716 g/mol. The molecule has 0 aliphatic carbocycles. The zero-order valence-corrected chi connectivity index (χ0v) is 27.8. The Morgan fingerprint density at radius 3 is 2.57 bits per heavy atom. The quantitative estimate of drug-likeness (QED) is 0.0892. The molecule has 14 atom stereocenters. The van der Waals surface area contributed by atoms with Gasteiger partial charge in [-0.05, 0) is 38.5 Å². The smallest absolute Gasteiger partial charge is 0.387 e. The van der Waals surface area contributed by atoms with Gasteiger partial charge in [0.05, 0.1) is 24.1 Å². The summed E-state index contributed by atoms with van der Waals surface area (Å²) in [6, 6.07) is -0.498. The second-order valence-corrected chi connectivity index (χ2v) is 14.6. The van der Waals surface area contributed by atoms with E-state index in [1.165, 1.54) is 0 Å². The number of aromatic amines is 1. The van der Waals surface area contributed by atoms with E-state index in [0.717, 1.165) is 41.4 Å². The van der Waals surface area contributed by atoms with Crippen LogP contribution in [0.3, 0.4) is 0 Å². The van der Waals surface area contributed by atoms with E-state index >= 15 is 0 Å². The number of nitrogens with one attached hydrogen (secondary N) is 3. The van der Waals surface area contributed by atoms with Crippen LogP contribution >= 0.6 is 31.2 Å². The third-order valence-corrected chi connectivity index (χ3v) is 10.6. The van der Waals surface area contributed by atoms with Crippen molar-refractivity contribution in [2.24, 2.45) is 5.92 Å². The number of piperidine rings is 1.